The fourth-order valence-electron chi connectivity index (χ4n) is 0.736. The number of hydrogen-bond donors (Lipinski definition) is 0. The van der Waals surface area contributed by atoms with E-state index in [0.717, 1.165) is 0 Å². The Kier molecular flexibility index (Phi) is 2.84. The van der Waals surface area contributed by atoms with Gasteiger partial charge in [0.05, 0.1) is 12.9 Å². The quantitative estimate of drug-likeness (QED) is 0.712. The van der Waals surface area contributed by atoms with E-state index in [1.165, 1.54) is 6.26 Å². The molecule has 0 saturated heterocycles. The van der Waals surface area contributed by atoms with Crippen LogP contribution in [0.4, 0.5) is 0 Å². The average Bonchev–Trinajstić information content (AvgIpc) is 2.34. The van der Waals surface area contributed by atoms with Crippen molar-refractivity contribution in [2.45, 2.75) is 9.66 Å². The SMILES string of the molecule is O=C(C1=COCC1)C(Cl)(Cl)Br. The van der Waals surface area contributed by atoms with Crippen molar-refractivity contribution in [1.29, 1.82) is 0 Å². The largest absolute Gasteiger partial charge is 0.500 e. The number of ether oxygens (including phenoxy) is 1. The summed E-state index contributed by atoms with van der Waals surface area (Å²) in [6, 6.07) is 0. The summed E-state index contributed by atoms with van der Waals surface area (Å²) in [6.07, 6.45) is 1.97. The number of rotatable bonds is 2. The minimum Gasteiger partial charge on any atom is -0.500 e. The van der Waals surface area contributed by atoms with E-state index in [-0.39, 0.29) is 5.78 Å². The Morgan fingerprint density at radius 1 is 1.73 bits per heavy atom. The number of carbonyl (C=O) groups is 1. The predicted octanol–water partition coefficient (Wildman–Crippen LogP) is 2.39. The molecule has 0 aromatic heterocycles. The molecular weight excluding hydrogens is 255 g/mol. The lowest BCUT2D eigenvalue weighted by atomic mass is 10.2. The van der Waals surface area contributed by atoms with Crippen LogP contribution >= 0.6 is 39.1 Å². The average molecular weight is 260 g/mol. The highest BCUT2D eigenvalue weighted by Gasteiger charge is 2.33. The van der Waals surface area contributed by atoms with E-state index in [1.807, 2.05) is 0 Å². The molecule has 0 aliphatic carbocycles. The van der Waals surface area contributed by atoms with E-state index < -0.39 is 3.24 Å². The van der Waals surface area contributed by atoms with Gasteiger partial charge in [-0.15, -0.1) is 0 Å². The maximum atomic E-state index is 11.2. The second-order valence-electron chi connectivity index (χ2n) is 2.09. The Bertz CT molecular complexity index is 207. The second-order valence-corrected chi connectivity index (χ2v) is 5.52. The molecule has 1 aliphatic heterocycles. The summed E-state index contributed by atoms with van der Waals surface area (Å²) in [6.45, 7) is 0.526. The van der Waals surface area contributed by atoms with Crippen LogP contribution in [0.2, 0.25) is 0 Å². The Morgan fingerprint density at radius 3 is 2.73 bits per heavy atom. The number of carbonyl (C=O) groups excluding carboxylic acids is 1. The Hall–Kier alpha value is 0.270. The maximum absolute atomic E-state index is 11.2. The molecule has 0 bridgehead atoms. The standard InChI is InChI=1S/C6H5BrCl2O2/c7-6(8,9)5(10)4-1-2-11-3-4/h3H,1-2H2. The van der Waals surface area contributed by atoms with Crippen molar-refractivity contribution in [1.82, 2.24) is 0 Å². The van der Waals surface area contributed by atoms with Crippen molar-refractivity contribution in [2.75, 3.05) is 6.61 Å². The summed E-state index contributed by atoms with van der Waals surface area (Å²) in [7, 11) is 0. The summed E-state index contributed by atoms with van der Waals surface area (Å²) in [5.74, 6) is -0.349. The third-order valence-electron chi connectivity index (χ3n) is 1.26. The number of alkyl halides is 3. The van der Waals surface area contributed by atoms with Crippen LogP contribution in [0.15, 0.2) is 11.8 Å². The van der Waals surface area contributed by atoms with E-state index in [9.17, 15) is 4.79 Å². The van der Waals surface area contributed by atoms with Crippen molar-refractivity contribution in [3.8, 4) is 0 Å². The predicted molar refractivity (Wildman–Crippen MR) is 47.0 cm³/mol. The van der Waals surface area contributed by atoms with Gasteiger partial charge < -0.3 is 4.74 Å². The van der Waals surface area contributed by atoms with Gasteiger partial charge in [0.15, 0.2) is 0 Å². The van der Waals surface area contributed by atoms with E-state index >= 15 is 0 Å². The van der Waals surface area contributed by atoms with Crippen LogP contribution in [0, 0.1) is 0 Å². The fraction of sp³-hybridized carbons (Fsp3) is 0.500. The molecule has 62 valence electrons. The molecule has 0 N–H and O–H groups in total. The summed E-state index contributed by atoms with van der Waals surface area (Å²) in [5.41, 5.74) is 0.520. The molecule has 1 heterocycles. The van der Waals surface area contributed by atoms with Gasteiger partial charge in [0.2, 0.25) is 9.03 Å². The van der Waals surface area contributed by atoms with E-state index in [2.05, 4.69) is 15.9 Å². The summed E-state index contributed by atoms with van der Waals surface area (Å²) < 4.78 is 3.34. The van der Waals surface area contributed by atoms with E-state index in [1.54, 1.807) is 0 Å². The highest BCUT2D eigenvalue weighted by atomic mass is 79.9. The molecule has 1 aliphatic rings. The first-order valence-electron chi connectivity index (χ1n) is 2.94. The van der Waals surface area contributed by atoms with Crippen LogP contribution in [-0.2, 0) is 9.53 Å². The third-order valence-corrected chi connectivity index (χ3v) is 1.97. The van der Waals surface area contributed by atoms with Crippen LogP contribution in [-0.4, -0.2) is 15.6 Å². The molecule has 0 saturated carbocycles. The van der Waals surface area contributed by atoms with Crippen LogP contribution in [0.5, 0.6) is 0 Å². The normalized spacial score (nSPS) is 17.5. The zero-order valence-electron chi connectivity index (χ0n) is 5.44. The van der Waals surface area contributed by atoms with Crippen LogP contribution in [0.1, 0.15) is 6.42 Å². The molecule has 0 radical (unpaired) electrons. The second kappa shape index (κ2) is 3.33. The van der Waals surface area contributed by atoms with Crippen molar-refractivity contribution >= 4 is 44.9 Å². The molecule has 5 heteroatoms. The third kappa shape index (κ3) is 2.36. The smallest absolute Gasteiger partial charge is 0.233 e. The number of ketones is 1. The van der Waals surface area contributed by atoms with Gasteiger partial charge in [-0.3, -0.25) is 4.79 Å². The van der Waals surface area contributed by atoms with E-state index in [0.29, 0.717) is 18.6 Å². The van der Waals surface area contributed by atoms with Gasteiger partial charge in [-0.05, 0) is 15.9 Å². The van der Waals surface area contributed by atoms with E-state index in [4.69, 9.17) is 27.9 Å². The summed E-state index contributed by atoms with van der Waals surface area (Å²) >= 11 is 13.8. The van der Waals surface area contributed by atoms with Gasteiger partial charge in [0, 0.05) is 12.0 Å². The van der Waals surface area contributed by atoms with Crippen LogP contribution in [0.25, 0.3) is 0 Å². The van der Waals surface area contributed by atoms with Gasteiger partial charge in [-0.25, -0.2) is 0 Å². The lowest BCUT2D eigenvalue weighted by molar-refractivity contribution is -0.114. The minimum absolute atomic E-state index is 0.349. The molecule has 0 fully saturated rings. The molecule has 11 heavy (non-hydrogen) atoms. The van der Waals surface area contributed by atoms with Gasteiger partial charge in [0.1, 0.15) is 0 Å². The zero-order valence-corrected chi connectivity index (χ0v) is 8.54. The Morgan fingerprint density at radius 2 is 2.36 bits per heavy atom. The molecular formula is C6H5BrCl2O2. The van der Waals surface area contributed by atoms with Gasteiger partial charge in [-0.2, -0.15) is 0 Å². The van der Waals surface area contributed by atoms with Crippen molar-refractivity contribution in [2.24, 2.45) is 0 Å². The van der Waals surface area contributed by atoms with Crippen molar-refractivity contribution < 1.29 is 9.53 Å². The molecule has 0 amide bonds. The fourth-order valence-corrected chi connectivity index (χ4v) is 1.23. The Labute approximate surface area is 82.6 Å². The lowest BCUT2D eigenvalue weighted by Gasteiger charge is -2.08. The molecule has 0 aromatic rings. The first-order chi connectivity index (χ1) is 5.02. The summed E-state index contributed by atoms with van der Waals surface area (Å²) in [4.78, 5) is 11.2. The number of halogens is 3. The highest BCUT2D eigenvalue weighted by Crippen LogP contribution is 2.34. The molecule has 0 unspecified atom stereocenters. The zero-order chi connectivity index (χ0) is 8.48. The van der Waals surface area contributed by atoms with Crippen LogP contribution < -0.4 is 0 Å². The summed E-state index contributed by atoms with van der Waals surface area (Å²) in [5, 5.41) is 0. The van der Waals surface area contributed by atoms with Gasteiger partial charge in [-0.1, -0.05) is 23.2 Å². The minimum atomic E-state index is -1.51. The number of Topliss-reactive ketones (excluding diaryl/α,β-unsaturated/α-hetero) is 1. The molecule has 0 atom stereocenters. The van der Waals surface area contributed by atoms with Crippen molar-refractivity contribution in [3.63, 3.8) is 0 Å². The topological polar surface area (TPSA) is 26.3 Å². The monoisotopic (exact) mass is 258 g/mol. The molecule has 2 nitrogen and oxygen atoms in total. The first-order valence-corrected chi connectivity index (χ1v) is 4.49. The maximum Gasteiger partial charge on any atom is 0.233 e. The van der Waals surface area contributed by atoms with Gasteiger partial charge in [0.25, 0.3) is 0 Å². The first kappa shape index (κ1) is 9.36. The molecule has 0 spiro atoms. The Balaban J connectivity index is 2.68. The van der Waals surface area contributed by atoms with Crippen LogP contribution in [0.3, 0.4) is 0 Å². The molecule has 1 rings (SSSR count). The number of hydrogen-bond acceptors (Lipinski definition) is 2. The molecule has 0 aromatic carbocycles. The lowest BCUT2D eigenvalue weighted by Crippen LogP contribution is -2.19. The van der Waals surface area contributed by atoms with Crippen molar-refractivity contribution in [3.05, 3.63) is 11.8 Å². The highest BCUT2D eigenvalue weighted by molar-refractivity contribution is 9.11. The van der Waals surface area contributed by atoms with Gasteiger partial charge >= 0.3 is 0 Å².